The van der Waals surface area contributed by atoms with E-state index in [-0.39, 0.29) is 46.8 Å². The second-order valence-corrected chi connectivity index (χ2v) is 7.66. The number of benzene rings is 2. The first kappa shape index (κ1) is 24.4. The molecule has 0 fully saturated rings. The summed E-state index contributed by atoms with van der Waals surface area (Å²) in [5.41, 5.74) is 9.32. The van der Waals surface area contributed by atoms with Gasteiger partial charge in [-0.15, -0.1) is 0 Å². The number of nitrogen functional groups attached to an aromatic ring is 2. The Morgan fingerprint density at radius 1 is 1.14 bits per heavy atom. The van der Waals surface area contributed by atoms with Crippen LogP contribution in [0.1, 0.15) is 30.9 Å². The summed E-state index contributed by atoms with van der Waals surface area (Å²) in [7, 11) is 0. The fraction of sp³-hybridized carbons (Fsp3) is 0.174. The van der Waals surface area contributed by atoms with Gasteiger partial charge in [0.15, 0.2) is 5.82 Å². The molecule has 0 aliphatic rings. The van der Waals surface area contributed by atoms with Gasteiger partial charge in [0.1, 0.15) is 34.5 Å². The smallest absolute Gasteiger partial charge is 0.270 e. The zero-order chi connectivity index (χ0) is 26.1. The van der Waals surface area contributed by atoms with Crippen LogP contribution in [0.25, 0.3) is 16.6 Å². The zero-order valence-electron chi connectivity index (χ0n) is 18.7. The van der Waals surface area contributed by atoms with Gasteiger partial charge in [-0.25, -0.2) is 27.1 Å². The van der Waals surface area contributed by atoms with Crippen LogP contribution in [0.2, 0.25) is 0 Å². The molecule has 2 heterocycles. The minimum Gasteiger partial charge on any atom is -0.382 e. The Bertz CT molecular complexity index is 1580. The molecule has 9 nitrogen and oxygen atoms in total. The van der Waals surface area contributed by atoms with E-state index in [2.05, 4.69) is 15.0 Å². The number of hydrogen-bond donors (Lipinski definition) is 2. The minimum atomic E-state index is -3.05. The fourth-order valence-corrected chi connectivity index (χ4v) is 3.75. The predicted octanol–water partition coefficient (Wildman–Crippen LogP) is 3.98. The van der Waals surface area contributed by atoms with Crippen LogP contribution in [-0.4, -0.2) is 26.1 Å². The lowest BCUT2D eigenvalue weighted by atomic mass is 10.1. The third-order valence-corrected chi connectivity index (χ3v) is 5.24. The Morgan fingerprint density at radius 2 is 1.89 bits per heavy atom. The van der Waals surface area contributed by atoms with Gasteiger partial charge < -0.3 is 11.5 Å². The summed E-state index contributed by atoms with van der Waals surface area (Å²) in [5.74, 6) is -2.86. The number of anilines is 4. The summed E-state index contributed by atoms with van der Waals surface area (Å²) < 4.78 is 56.8. The monoisotopic (exact) mass is 498 g/mol. The van der Waals surface area contributed by atoms with E-state index in [1.54, 1.807) is 6.92 Å². The molecule has 13 heteroatoms. The van der Waals surface area contributed by atoms with Crippen molar-refractivity contribution in [2.45, 2.75) is 19.8 Å². The summed E-state index contributed by atoms with van der Waals surface area (Å²) >= 11 is 0. The average molecular weight is 498 g/mol. The molecule has 0 bridgehead atoms. The van der Waals surface area contributed by atoms with E-state index in [0.717, 1.165) is 22.8 Å². The zero-order valence-corrected chi connectivity index (χ0v) is 18.7. The molecule has 0 aliphatic heterocycles. The fourth-order valence-electron chi connectivity index (χ4n) is 3.75. The van der Waals surface area contributed by atoms with Gasteiger partial charge >= 0.3 is 0 Å². The van der Waals surface area contributed by atoms with Crippen molar-refractivity contribution in [1.82, 2.24) is 19.5 Å². The van der Waals surface area contributed by atoms with Crippen LogP contribution in [-0.2, 0) is 0 Å². The van der Waals surface area contributed by atoms with Gasteiger partial charge in [-0.2, -0.15) is 15.2 Å². The standard InChI is InChI=1S/C23H18F4N8O/c1-2-6-34(20-14(10-28)19(29)32-22(30)33-20)23-31-16-5-3-4-15(25)17(16)21(36)35(23)13-8-11(18(26)27)7-12(24)9-13/h3-5,7-9,18H,2,6H2,1H3,(H4,29,30,32,33). The molecule has 0 atom stereocenters. The molecule has 184 valence electrons. The number of nitrogens with zero attached hydrogens (tertiary/aromatic N) is 6. The Balaban J connectivity index is 2.16. The molecule has 0 radical (unpaired) electrons. The molecule has 36 heavy (non-hydrogen) atoms. The van der Waals surface area contributed by atoms with Gasteiger partial charge in [-0.3, -0.25) is 9.69 Å². The van der Waals surface area contributed by atoms with Crippen LogP contribution in [0.3, 0.4) is 0 Å². The van der Waals surface area contributed by atoms with E-state index in [0.29, 0.717) is 12.5 Å². The highest BCUT2D eigenvalue weighted by Crippen LogP contribution is 2.32. The molecule has 4 aromatic rings. The summed E-state index contributed by atoms with van der Waals surface area (Å²) in [5, 5.41) is 9.25. The maximum Gasteiger partial charge on any atom is 0.270 e. The van der Waals surface area contributed by atoms with Crippen LogP contribution in [0.4, 0.5) is 41.1 Å². The SMILES string of the molecule is CCCN(c1nc(N)nc(N)c1C#N)c1nc2cccc(F)c2c(=O)n1-c1cc(F)cc(C(F)F)c1. The normalized spacial score (nSPS) is 11.1. The van der Waals surface area contributed by atoms with E-state index in [1.165, 1.54) is 17.0 Å². The highest BCUT2D eigenvalue weighted by molar-refractivity contribution is 5.81. The Morgan fingerprint density at radius 3 is 2.56 bits per heavy atom. The average Bonchev–Trinajstić information content (AvgIpc) is 2.81. The highest BCUT2D eigenvalue weighted by atomic mass is 19.3. The van der Waals surface area contributed by atoms with Crippen LogP contribution in [0.15, 0.2) is 41.2 Å². The first-order valence-corrected chi connectivity index (χ1v) is 10.6. The molecule has 0 saturated heterocycles. The molecule has 0 unspecified atom stereocenters. The van der Waals surface area contributed by atoms with Crippen LogP contribution >= 0.6 is 0 Å². The highest BCUT2D eigenvalue weighted by Gasteiger charge is 2.26. The number of halogens is 4. The van der Waals surface area contributed by atoms with Crippen LogP contribution in [0.5, 0.6) is 0 Å². The maximum absolute atomic E-state index is 14.7. The van der Waals surface area contributed by atoms with Gasteiger partial charge in [-0.1, -0.05) is 13.0 Å². The number of rotatable bonds is 6. The van der Waals surface area contributed by atoms with Crippen molar-refractivity contribution in [2.75, 3.05) is 22.9 Å². The van der Waals surface area contributed by atoms with Gasteiger partial charge in [0.2, 0.25) is 11.9 Å². The molecule has 4 N–H and O–H groups in total. The quantitative estimate of drug-likeness (QED) is 0.381. The number of aromatic nitrogens is 4. The number of hydrogen-bond acceptors (Lipinski definition) is 8. The van der Waals surface area contributed by atoms with Crippen molar-refractivity contribution in [3.63, 3.8) is 0 Å². The molecule has 0 amide bonds. The third kappa shape index (κ3) is 4.24. The number of nitriles is 1. The molecule has 0 spiro atoms. The van der Waals surface area contributed by atoms with Crippen molar-refractivity contribution in [3.05, 3.63) is 69.5 Å². The van der Waals surface area contributed by atoms with Crippen molar-refractivity contribution in [2.24, 2.45) is 0 Å². The second kappa shape index (κ2) is 9.49. The lowest BCUT2D eigenvalue weighted by molar-refractivity contribution is 0.151. The molecular weight excluding hydrogens is 480 g/mol. The molecular formula is C23H18F4N8O. The van der Waals surface area contributed by atoms with E-state index >= 15 is 0 Å². The van der Waals surface area contributed by atoms with Gasteiger partial charge in [0, 0.05) is 12.1 Å². The molecule has 2 aromatic heterocycles. The van der Waals surface area contributed by atoms with E-state index in [4.69, 9.17) is 11.5 Å². The van der Waals surface area contributed by atoms with Crippen molar-refractivity contribution in [3.8, 4) is 11.8 Å². The number of fused-ring (bicyclic) bond motifs is 1. The lowest BCUT2D eigenvalue weighted by Crippen LogP contribution is -2.32. The lowest BCUT2D eigenvalue weighted by Gasteiger charge is -2.27. The van der Waals surface area contributed by atoms with Crippen molar-refractivity contribution in [1.29, 1.82) is 5.26 Å². The first-order chi connectivity index (χ1) is 17.2. The Labute approximate surface area is 201 Å². The van der Waals surface area contributed by atoms with Gasteiger partial charge in [0.25, 0.3) is 12.0 Å². The topological polar surface area (TPSA) is 140 Å². The van der Waals surface area contributed by atoms with Crippen LogP contribution < -0.4 is 21.9 Å². The maximum atomic E-state index is 14.7. The largest absolute Gasteiger partial charge is 0.382 e. The van der Waals surface area contributed by atoms with Crippen molar-refractivity contribution < 1.29 is 17.6 Å². The second-order valence-electron chi connectivity index (χ2n) is 7.66. The summed E-state index contributed by atoms with van der Waals surface area (Å²) in [6.07, 6.45) is -2.64. The van der Waals surface area contributed by atoms with E-state index in [9.17, 15) is 27.6 Å². The summed E-state index contributed by atoms with van der Waals surface area (Å²) in [6.45, 7) is 1.85. The van der Waals surface area contributed by atoms with Gasteiger partial charge in [0.05, 0.1) is 11.2 Å². The third-order valence-electron chi connectivity index (χ3n) is 5.24. The number of nitrogens with two attached hydrogens (primary N) is 2. The molecule has 4 rings (SSSR count). The van der Waals surface area contributed by atoms with E-state index in [1.807, 2.05) is 6.07 Å². The van der Waals surface area contributed by atoms with Gasteiger partial charge in [-0.05, 0) is 36.8 Å². The van der Waals surface area contributed by atoms with E-state index < -0.39 is 34.6 Å². The van der Waals surface area contributed by atoms with Crippen LogP contribution in [0, 0.1) is 23.0 Å². The summed E-state index contributed by atoms with van der Waals surface area (Å²) in [6, 6.07) is 7.97. The molecule has 2 aromatic carbocycles. The molecule has 0 saturated carbocycles. The number of alkyl halides is 2. The summed E-state index contributed by atoms with van der Waals surface area (Å²) in [4.78, 5) is 27.1. The predicted molar refractivity (Wildman–Crippen MR) is 125 cm³/mol. The first-order valence-electron chi connectivity index (χ1n) is 10.6. The minimum absolute atomic E-state index is 0.0636. The molecule has 0 aliphatic carbocycles. The Kier molecular flexibility index (Phi) is 6.43. The Hall–Kier alpha value is -4.73. The van der Waals surface area contributed by atoms with Crippen molar-refractivity contribution >= 4 is 34.4 Å².